The second-order valence-electron chi connectivity index (χ2n) is 5.04. The number of hydrogen-bond donors (Lipinski definition) is 2. The summed E-state index contributed by atoms with van der Waals surface area (Å²) in [5.74, 6) is -0.0416. The molecule has 19 heavy (non-hydrogen) atoms. The minimum absolute atomic E-state index is 0.0321. The molecule has 6 heteroatoms. The maximum atomic E-state index is 12.3. The summed E-state index contributed by atoms with van der Waals surface area (Å²) in [4.78, 5) is 26.0. The topological polar surface area (TPSA) is 70.7 Å². The van der Waals surface area contributed by atoms with E-state index in [4.69, 9.17) is 4.74 Å². The quantitative estimate of drug-likeness (QED) is 0.721. The van der Waals surface area contributed by atoms with Gasteiger partial charge < -0.3 is 20.3 Å². The van der Waals surface area contributed by atoms with Crippen molar-refractivity contribution in [1.82, 2.24) is 15.5 Å². The smallest absolute Gasteiger partial charge is 0.244 e. The molecule has 0 saturated carbocycles. The van der Waals surface area contributed by atoms with Crippen LogP contribution in [0.3, 0.4) is 0 Å². The summed E-state index contributed by atoms with van der Waals surface area (Å²) in [6, 6.07) is -0.386. The molecular weight excluding hydrogens is 246 g/mol. The molecule has 2 aliphatic heterocycles. The second kappa shape index (κ2) is 6.86. The van der Waals surface area contributed by atoms with E-state index in [0.717, 1.165) is 26.0 Å². The maximum Gasteiger partial charge on any atom is 0.244 e. The number of ether oxygens (including phenoxy) is 1. The number of nitrogens with zero attached hydrogens (tertiary/aromatic N) is 1. The Kier molecular flexibility index (Phi) is 5.15. The van der Waals surface area contributed by atoms with Crippen molar-refractivity contribution in [3.8, 4) is 0 Å². The molecule has 2 N–H and O–H groups in total. The molecular formula is C13H23N3O3. The van der Waals surface area contributed by atoms with Crippen LogP contribution in [0.15, 0.2) is 0 Å². The monoisotopic (exact) mass is 269 g/mol. The molecule has 2 unspecified atom stereocenters. The molecule has 2 saturated heterocycles. The second-order valence-corrected chi connectivity index (χ2v) is 5.04. The summed E-state index contributed by atoms with van der Waals surface area (Å²) in [6.45, 7) is 5.08. The highest BCUT2D eigenvalue weighted by Crippen LogP contribution is 2.17. The number of carbonyl (C=O) groups is 2. The van der Waals surface area contributed by atoms with Crippen molar-refractivity contribution >= 4 is 11.8 Å². The summed E-state index contributed by atoms with van der Waals surface area (Å²) in [7, 11) is 0. The predicted molar refractivity (Wildman–Crippen MR) is 70.6 cm³/mol. The molecule has 6 nitrogen and oxygen atoms in total. The molecule has 0 radical (unpaired) electrons. The number of likely N-dealkylation sites (N-methyl/N-ethyl adjacent to an activating group) is 1. The van der Waals surface area contributed by atoms with Gasteiger partial charge >= 0.3 is 0 Å². The van der Waals surface area contributed by atoms with E-state index < -0.39 is 0 Å². The van der Waals surface area contributed by atoms with Crippen molar-refractivity contribution in [2.45, 2.75) is 38.3 Å². The normalized spacial score (nSPS) is 27.3. The Labute approximate surface area is 113 Å². The van der Waals surface area contributed by atoms with Crippen LogP contribution in [0.1, 0.15) is 26.2 Å². The van der Waals surface area contributed by atoms with Gasteiger partial charge in [0, 0.05) is 32.8 Å². The van der Waals surface area contributed by atoms with E-state index in [9.17, 15) is 9.59 Å². The Bertz CT molecular complexity index is 329. The van der Waals surface area contributed by atoms with Crippen LogP contribution in [-0.4, -0.2) is 61.6 Å². The molecule has 0 aliphatic carbocycles. The molecule has 2 atom stereocenters. The summed E-state index contributed by atoms with van der Waals surface area (Å²) in [6.07, 6.45) is 2.41. The van der Waals surface area contributed by atoms with Crippen LogP contribution in [-0.2, 0) is 14.3 Å². The van der Waals surface area contributed by atoms with Gasteiger partial charge in [-0.1, -0.05) is 0 Å². The zero-order chi connectivity index (χ0) is 13.7. The Balaban J connectivity index is 1.93. The van der Waals surface area contributed by atoms with Gasteiger partial charge in [-0.2, -0.15) is 0 Å². The average Bonchev–Trinajstić information content (AvgIpc) is 2.92. The molecule has 2 aliphatic rings. The van der Waals surface area contributed by atoms with Crippen LogP contribution in [0, 0.1) is 0 Å². The first-order chi connectivity index (χ1) is 9.22. The summed E-state index contributed by atoms with van der Waals surface area (Å²) in [5.41, 5.74) is 0. The summed E-state index contributed by atoms with van der Waals surface area (Å²) < 4.78 is 5.49. The SMILES string of the molecule is CCNC(=O)C1CNCCN1C(=O)CC1CCCO1. The zero-order valence-corrected chi connectivity index (χ0v) is 11.5. The molecule has 2 fully saturated rings. The van der Waals surface area contributed by atoms with E-state index >= 15 is 0 Å². The third-order valence-electron chi connectivity index (χ3n) is 3.64. The number of amides is 2. The van der Waals surface area contributed by atoms with Gasteiger partial charge in [0.1, 0.15) is 6.04 Å². The van der Waals surface area contributed by atoms with Gasteiger partial charge in [-0.3, -0.25) is 9.59 Å². The van der Waals surface area contributed by atoms with Crippen molar-refractivity contribution in [3.05, 3.63) is 0 Å². The zero-order valence-electron chi connectivity index (χ0n) is 11.5. The van der Waals surface area contributed by atoms with Crippen molar-refractivity contribution in [2.24, 2.45) is 0 Å². The van der Waals surface area contributed by atoms with Crippen molar-refractivity contribution < 1.29 is 14.3 Å². The van der Waals surface area contributed by atoms with E-state index in [1.165, 1.54) is 0 Å². The van der Waals surface area contributed by atoms with E-state index in [1.807, 2.05) is 6.92 Å². The maximum absolute atomic E-state index is 12.3. The fraction of sp³-hybridized carbons (Fsp3) is 0.846. The fourth-order valence-corrected chi connectivity index (χ4v) is 2.65. The Morgan fingerprint density at radius 2 is 2.32 bits per heavy atom. The van der Waals surface area contributed by atoms with Crippen LogP contribution in [0.25, 0.3) is 0 Å². The number of carbonyl (C=O) groups excluding carboxylic acids is 2. The molecule has 0 aromatic heterocycles. The molecule has 2 heterocycles. The van der Waals surface area contributed by atoms with Gasteiger partial charge in [0.2, 0.25) is 11.8 Å². The van der Waals surface area contributed by atoms with Gasteiger partial charge in [-0.15, -0.1) is 0 Å². The molecule has 0 aromatic rings. The fourth-order valence-electron chi connectivity index (χ4n) is 2.65. The Morgan fingerprint density at radius 1 is 1.47 bits per heavy atom. The number of rotatable bonds is 4. The van der Waals surface area contributed by atoms with Crippen LogP contribution >= 0.6 is 0 Å². The number of hydrogen-bond acceptors (Lipinski definition) is 4. The highest BCUT2D eigenvalue weighted by atomic mass is 16.5. The van der Waals surface area contributed by atoms with E-state index in [-0.39, 0.29) is 24.0 Å². The lowest BCUT2D eigenvalue weighted by molar-refractivity contribution is -0.143. The standard InChI is InChI=1S/C13H23N3O3/c1-2-15-13(18)11-9-14-5-6-16(11)12(17)8-10-4-3-7-19-10/h10-11,14H,2-9H2,1H3,(H,15,18). The van der Waals surface area contributed by atoms with Crippen LogP contribution in [0.2, 0.25) is 0 Å². The van der Waals surface area contributed by atoms with Crippen molar-refractivity contribution in [3.63, 3.8) is 0 Å². The Hall–Kier alpha value is -1.14. The molecule has 108 valence electrons. The Morgan fingerprint density at radius 3 is 3.00 bits per heavy atom. The summed E-state index contributed by atoms with van der Waals surface area (Å²) in [5, 5.41) is 5.96. The number of piperazine rings is 1. The third kappa shape index (κ3) is 3.67. The van der Waals surface area contributed by atoms with E-state index in [0.29, 0.717) is 26.1 Å². The highest BCUT2D eigenvalue weighted by molar-refractivity contribution is 5.88. The van der Waals surface area contributed by atoms with Gasteiger partial charge in [-0.25, -0.2) is 0 Å². The lowest BCUT2D eigenvalue weighted by atomic mass is 10.1. The molecule has 2 amide bonds. The number of nitrogens with one attached hydrogen (secondary N) is 2. The molecule has 0 aromatic carbocycles. The van der Waals surface area contributed by atoms with Gasteiger partial charge in [0.25, 0.3) is 0 Å². The largest absolute Gasteiger partial charge is 0.378 e. The minimum Gasteiger partial charge on any atom is -0.378 e. The first kappa shape index (κ1) is 14.3. The minimum atomic E-state index is -0.386. The third-order valence-corrected chi connectivity index (χ3v) is 3.64. The molecule has 0 spiro atoms. The predicted octanol–water partition coefficient (Wildman–Crippen LogP) is -0.508. The van der Waals surface area contributed by atoms with Crippen LogP contribution in [0.5, 0.6) is 0 Å². The van der Waals surface area contributed by atoms with E-state index in [1.54, 1.807) is 4.90 Å². The van der Waals surface area contributed by atoms with Crippen LogP contribution < -0.4 is 10.6 Å². The first-order valence-corrected chi connectivity index (χ1v) is 7.12. The summed E-state index contributed by atoms with van der Waals surface area (Å²) >= 11 is 0. The highest BCUT2D eigenvalue weighted by Gasteiger charge is 2.33. The van der Waals surface area contributed by atoms with Crippen LogP contribution in [0.4, 0.5) is 0 Å². The first-order valence-electron chi connectivity index (χ1n) is 7.12. The van der Waals surface area contributed by atoms with E-state index in [2.05, 4.69) is 10.6 Å². The lowest BCUT2D eigenvalue weighted by Gasteiger charge is -2.35. The molecule has 2 rings (SSSR count). The van der Waals surface area contributed by atoms with Crippen molar-refractivity contribution in [1.29, 1.82) is 0 Å². The van der Waals surface area contributed by atoms with Gasteiger partial charge in [-0.05, 0) is 19.8 Å². The van der Waals surface area contributed by atoms with Crippen molar-refractivity contribution in [2.75, 3.05) is 32.8 Å². The molecule has 0 bridgehead atoms. The van der Waals surface area contributed by atoms with Gasteiger partial charge in [0.15, 0.2) is 0 Å². The average molecular weight is 269 g/mol. The van der Waals surface area contributed by atoms with Gasteiger partial charge in [0.05, 0.1) is 12.5 Å². The lowest BCUT2D eigenvalue weighted by Crippen LogP contribution is -2.59.